The Kier molecular flexibility index (Phi) is 4.68. The van der Waals surface area contributed by atoms with Crippen molar-refractivity contribution >= 4 is 28.4 Å². The van der Waals surface area contributed by atoms with E-state index in [0.717, 1.165) is 23.0 Å². The zero-order valence-electron chi connectivity index (χ0n) is 12.0. The van der Waals surface area contributed by atoms with Gasteiger partial charge in [-0.2, -0.15) is 0 Å². The fraction of sp³-hybridized carbons (Fsp3) is 0.400. The molecule has 20 heavy (non-hydrogen) atoms. The van der Waals surface area contributed by atoms with Gasteiger partial charge in [0.25, 0.3) is 5.91 Å². The molecule has 4 nitrogen and oxygen atoms in total. The Hall–Kier alpha value is -1.52. The molecule has 0 aliphatic carbocycles. The van der Waals surface area contributed by atoms with Crippen LogP contribution in [-0.2, 0) is 11.3 Å². The quantitative estimate of drug-likeness (QED) is 0.862. The largest absolute Gasteiger partial charge is 0.383 e. The third-order valence-corrected chi connectivity index (χ3v) is 3.64. The lowest BCUT2D eigenvalue weighted by molar-refractivity contribution is 0.0928. The lowest BCUT2D eigenvalue weighted by Crippen LogP contribution is -2.29. The summed E-state index contributed by atoms with van der Waals surface area (Å²) in [6.07, 6.45) is 0. The van der Waals surface area contributed by atoms with Gasteiger partial charge in [0.1, 0.15) is 5.69 Å². The first kappa shape index (κ1) is 14.9. The molecular weight excluding hydrogens is 276 g/mol. The Bertz CT molecular complexity index is 634. The number of fused-ring (bicyclic) bond motifs is 1. The molecule has 0 atom stereocenters. The Morgan fingerprint density at radius 1 is 1.45 bits per heavy atom. The van der Waals surface area contributed by atoms with Gasteiger partial charge in [0.05, 0.1) is 6.61 Å². The van der Waals surface area contributed by atoms with Gasteiger partial charge in [0.15, 0.2) is 0 Å². The summed E-state index contributed by atoms with van der Waals surface area (Å²) in [6, 6.07) is 5.71. The summed E-state index contributed by atoms with van der Waals surface area (Å²) in [5.41, 5.74) is 2.69. The molecular formula is C15H19ClN2O2. The fourth-order valence-corrected chi connectivity index (χ4v) is 2.64. The molecule has 0 aliphatic rings. The first-order chi connectivity index (χ1) is 9.60. The maximum Gasteiger partial charge on any atom is 0.268 e. The third-order valence-electron chi connectivity index (χ3n) is 3.40. The van der Waals surface area contributed by atoms with Gasteiger partial charge in [-0.15, -0.1) is 0 Å². The number of carbonyl (C=O) groups excluding carboxylic acids is 1. The van der Waals surface area contributed by atoms with Crippen LogP contribution in [0, 0.1) is 6.92 Å². The number of rotatable bonds is 5. The number of amides is 1. The lowest BCUT2D eigenvalue weighted by atomic mass is 10.1. The minimum atomic E-state index is -0.0753. The number of nitrogens with zero attached hydrogens (tertiary/aromatic N) is 1. The average Bonchev–Trinajstić information content (AvgIpc) is 2.71. The Labute approximate surface area is 123 Å². The predicted octanol–water partition coefficient (Wildman–Crippen LogP) is 3.00. The van der Waals surface area contributed by atoms with Crippen LogP contribution < -0.4 is 5.32 Å². The Balaban J connectivity index is 2.46. The fourth-order valence-electron chi connectivity index (χ4n) is 2.47. The molecule has 0 unspecified atom stereocenters. The summed E-state index contributed by atoms with van der Waals surface area (Å²) in [6.45, 7) is 5.72. The molecule has 2 rings (SSSR count). The SMILES string of the molecule is CCn1c(C(=O)NCCOC)c(C)c2cc(Cl)ccc21. The number of halogens is 1. The summed E-state index contributed by atoms with van der Waals surface area (Å²) < 4.78 is 6.97. The van der Waals surface area contributed by atoms with Crippen LogP contribution in [0.3, 0.4) is 0 Å². The molecule has 0 bridgehead atoms. The van der Waals surface area contributed by atoms with Crippen LogP contribution in [0.4, 0.5) is 0 Å². The second-order valence-electron chi connectivity index (χ2n) is 4.63. The van der Waals surface area contributed by atoms with Crippen molar-refractivity contribution in [1.82, 2.24) is 9.88 Å². The second-order valence-corrected chi connectivity index (χ2v) is 5.06. The molecule has 2 aromatic rings. The number of carbonyl (C=O) groups is 1. The van der Waals surface area contributed by atoms with Gasteiger partial charge >= 0.3 is 0 Å². The number of ether oxygens (including phenoxy) is 1. The van der Waals surface area contributed by atoms with E-state index in [0.29, 0.717) is 23.9 Å². The number of methoxy groups -OCH3 is 1. The lowest BCUT2D eigenvalue weighted by Gasteiger charge is -2.09. The zero-order valence-corrected chi connectivity index (χ0v) is 12.8. The smallest absolute Gasteiger partial charge is 0.268 e. The first-order valence-electron chi connectivity index (χ1n) is 6.65. The molecule has 0 saturated heterocycles. The minimum Gasteiger partial charge on any atom is -0.383 e. The average molecular weight is 295 g/mol. The van der Waals surface area contributed by atoms with Crippen LogP contribution in [0.1, 0.15) is 23.0 Å². The van der Waals surface area contributed by atoms with Crippen LogP contribution in [0.5, 0.6) is 0 Å². The highest BCUT2D eigenvalue weighted by Gasteiger charge is 2.19. The van der Waals surface area contributed by atoms with Gasteiger partial charge < -0.3 is 14.6 Å². The number of nitrogens with one attached hydrogen (secondary N) is 1. The standard InChI is InChI=1S/C15H19ClN2O2/c1-4-18-13-6-5-11(16)9-12(13)10(2)14(18)15(19)17-7-8-20-3/h5-6,9H,4,7-8H2,1-3H3,(H,17,19). The first-order valence-corrected chi connectivity index (χ1v) is 7.03. The van der Waals surface area contributed by atoms with Crippen LogP contribution >= 0.6 is 11.6 Å². The van der Waals surface area contributed by atoms with E-state index in [-0.39, 0.29) is 5.91 Å². The van der Waals surface area contributed by atoms with E-state index in [1.54, 1.807) is 7.11 Å². The highest BCUT2D eigenvalue weighted by atomic mass is 35.5. The van der Waals surface area contributed by atoms with Crippen molar-refractivity contribution in [3.8, 4) is 0 Å². The van der Waals surface area contributed by atoms with Crippen molar-refractivity contribution < 1.29 is 9.53 Å². The number of hydrogen-bond acceptors (Lipinski definition) is 2. The summed E-state index contributed by atoms with van der Waals surface area (Å²) in [5, 5.41) is 4.58. The van der Waals surface area contributed by atoms with Crippen molar-refractivity contribution in [2.45, 2.75) is 20.4 Å². The molecule has 1 aromatic carbocycles. The van der Waals surface area contributed by atoms with Crippen molar-refractivity contribution in [2.24, 2.45) is 0 Å². The van der Waals surface area contributed by atoms with Crippen molar-refractivity contribution in [3.63, 3.8) is 0 Å². The minimum absolute atomic E-state index is 0.0753. The molecule has 1 N–H and O–H groups in total. The molecule has 1 amide bonds. The summed E-state index contributed by atoms with van der Waals surface area (Å²) in [7, 11) is 1.61. The van der Waals surface area contributed by atoms with Gasteiger partial charge in [-0.25, -0.2) is 0 Å². The van der Waals surface area contributed by atoms with E-state index in [4.69, 9.17) is 16.3 Å². The van der Waals surface area contributed by atoms with Crippen LogP contribution in [-0.4, -0.2) is 30.7 Å². The highest BCUT2D eigenvalue weighted by molar-refractivity contribution is 6.31. The molecule has 108 valence electrons. The molecule has 1 aromatic heterocycles. The number of aryl methyl sites for hydroxylation is 2. The van der Waals surface area contributed by atoms with E-state index >= 15 is 0 Å². The van der Waals surface area contributed by atoms with Gasteiger partial charge in [0, 0.05) is 36.1 Å². The molecule has 1 heterocycles. The van der Waals surface area contributed by atoms with E-state index < -0.39 is 0 Å². The summed E-state index contributed by atoms with van der Waals surface area (Å²) in [4.78, 5) is 12.4. The molecule has 0 aliphatic heterocycles. The number of benzene rings is 1. The maximum absolute atomic E-state index is 12.4. The number of aromatic nitrogens is 1. The number of hydrogen-bond donors (Lipinski definition) is 1. The maximum atomic E-state index is 12.4. The topological polar surface area (TPSA) is 43.3 Å². The Morgan fingerprint density at radius 3 is 2.85 bits per heavy atom. The summed E-state index contributed by atoms with van der Waals surface area (Å²) in [5.74, 6) is -0.0753. The molecule has 0 saturated carbocycles. The second kappa shape index (κ2) is 6.29. The molecule has 0 radical (unpaired) electrons. The van der Waals surface area contributed by atoms with E-state index in [9.17, 15) is 4.79 Å². The van der Waals surface area contributed by atoms with Crippen molar-refractivity contribution in [3.05, 3.63) is 34.5 Å². The molecule has 0 spiro atoms. The normalized spacial score (nSPS) is 11.0. The predicted molar refractivity (Wildman–Crippen MR) is 81.6 cm³/mol. The third kappa shape index (κ3) is 2.67. The highest BCUT2D eigenvalue weighted by Crippen LogP contribution is 2.28. The van der Waals surface area contributed by atoms with Crippen LogP contribution in [0.2, 0.25) is 5.02 Å². The van der Waals surface area contributed by atoms with Crippen LogP contribution in [0.15, 0.2) is 18.2 Å². The monoisotopic (exact) mass is 294 g/mol. The van der Waals surface area contributed by atoms with E-state index in [1.165, 1.54) is 0 Å². The van der Waals surface area contributed by atoms with Gasteiger partial charge in [-0.1, -0.05) is 11.6 Å². The van der Waals surface area contributed by atoms with E-state index in [1.807, 2.05) is 36.6 Å². The van der Waals surface area contributed by atoms with Crippen LogP contribution in [0.25, 0.3) is 10.9 Å². The van der Waals surface area contributed by atoms with Gasteiger partial charge in [-0.05, 0) is 37.6 Å². The molecule has 0 fully saturated rings. The van der Waals surface area contributed by atoms with Crippen molar-refractivity contribution in [1.29, 1.82) is 0 Å². The zero-order chi connectivity index (χ0) is 14.7. The van der Waals surface area contributed by atoms with Crippen molar-refractivity contribution in [2.75, 3.05) is 20.3 Å². The van der Waals surface area contributed by atoms with Gasteiger partial charge in [0.2, 0.25) is 0 Å². The Morgan fingerprint density at radius 2 is 2.20 bits per heavy atom. The molecule has 5 heteroatoms. The summed E-state index contributed by atoms with van der Waals surface area (Å²) >= 11 is 6.05. The van der Waals surface area contributed by atoms with E-state index in [2.05, 4.69) is 5.32 Å². The van der Waals surface area contributed by atoms with Gasteiger partial charge in [-0.3, -0.25) is 4.79 Å².